The SMILES string of the molecule is Cc1ccc(Cl)cc1-c1ccnc(Cl)c1C#N. The van der Waals surface area contributed by atoms with Crippen molar-refractivity contribution in [3.8, 4) is 17.2 Å². The number of rotatable bonds is 1. The zero-order chi connectivity index (χ0) is 12.4. The highest BCUT2D eigenvalue weighted by atomic mass is 35.5. The molecular weight excluding hydrogens is 255 g/mol. The third kappa shape index (κ3) is 2.26. The summed E-state index contributed by atoms with van der Waals surface area (Å²) in [6.07, 6.45) is 1.58. The lowest BCUT2D eigenvalue weighted by Crippen LogP contribution is -1.90. The van der Waals surface area contributed by atoms with Crippen molar-refractivity contribution in [2.24, 2.45) is 0 Å². The lowest BCUT2D eigenvalue weighted by molar-refractivity contribution is 1.30. The Morgan fingerprint density at radius 1 is 1.18 bits per heavy atom. The van der Waals surface area contributed by atoms with Crippen LogP contribution >= 0.6 is 23.2 Å². The van der Waals surface area contributed by atoms with Gasteiger partial charge >= 0.3 is 0 Å². The highest BCUT2D eigenvalue weighted by Gasteiger charge is 2.11. The summed E-state index contributed by atoms with van der Waals surface area (Å²) in [4.78, 5) is 3.90. The Hall–Kier alpha value is -1.56. The van der Waals surface area contributed by atoms with Gasteiger partial charge in [0, 0.05) is 16.8 Å². The van der Waals surface area contributed by atoms with Crippen molar-refractivity contribution < 1.29 is 0 Å². The number of hydrogen-bond donors (Lipinski definition) is 0. The van der Waals surface area contributed by atoms with Crippen molar-refractivity contribution in [2.45, 2.75) is 6.92 Å². The van der Waals surface area contributed by atoms with Crippen LogP contribution in [0.25, 0.3) is 11.1 Å². The van der Waals surface area contributed by atoms with Crippen LogP contribution in [0.5, 0.6) is 0 Å². The molecule has 0 aliphatic rings. The maximum Gasteiger partial charge on any atom is 0.147 e. The molecule has 0 saturated carbocycles. The van der Waals surface area contributed by atoms with Crippen molar-refractivity contribution in [1.82, 2.24) is 4.98 Å². The standard InChI is InChI=1S/C13H8Cl2N2/c1-8-2-3-9(14)6-11(8)10-4-5-17-13(15)12(10)7-16/h2-6H,1H3. The van der Waals surface area contributed by atoms with Gasteiger partial charge in [0.1, 0.15) is 11.2 Å². The van der Waals surface area contributed by atoms with E-state index in [0.717, 1.165) is 16.7 Å². The average molecular weight is 263 g/mol. The van der Waals surface area contributed by atoms with E-state index < -0.39 is 0 Å². The number of hydrogen-bond acceptors (Lipinski definition) is 2. The Morgan fingerprint density at radius 3 is 2.65 bits per heavy atom. The fraction of sp³-hybridized carbons (Fsp3) is 0.0769. The second-order valence-corrected chi connectivity index (χ2v) is 4.39. The minimum absolute atomic E-state index is 0.212. The van der Waals surface area contributed by atoms with Crippen LogP contribution in [0, 0.1) is 18.3 Å². The first-order valence-electron chi connectivity index (χ1n) is 4.94. The van der Waals surface area contributed by atoms with Crippen molar-refractivity contribution >= 4 is 23.2 Å². The summed E-state index contributed by atoms with van der Waals surface area (Å²) in [5, 5.41) is 9.95. The molecule has 0 N–H and O–H groups in total. The zero-order valence-electron chi connectivity index (χ0n) is 9.04. The number of benzene rings is 1. The molecule has 2 aromatic rings. The fourth-order valence-corrected chi connectivity index (χ4v) is 2.02. The molecule has 2 nitrogen and oxygen atoms in total. The van der Waals surface area contributed by atoms with E-state index >= 15 is 0 Å². The molecule has 0 aliphatic heterocycles. The molecule has 0 radical (unpaired) electrons. The summed E-state index contributed by atoms with van der Waals surface area (Å²) in [5.41, 5.74) is 3.07. The molecule has 1 aromatic carbocycles. The predicted molar refractivity (Wildman–Crippen MR) is 69.1 cm³/mol. The van der Waals surface area contributed by atoms with Gasteiger partial charge in [-0.25, -0.2) is 4.98 Å². The van der Waals surface area contributed by atoms with E-state index in [-0.39, 0.29) is 5.15 Å². The van der Waals surface area contributed by atoms with E-state index in [4.69, 9.17) is 28.5 Å². The van der Waals surface area contributed by atoms with Crippen molar-refractivity contribution in [3.05, 3.63) is 51.8 Å². The van der Waals surface area contributed by atoms with Crippen molar-refractivity contribution in [1.29, 1.82) is 5.26 Å². The van der Waals surface area contributed by atoms with Gasteiger partial charge in [0.2, 0.25) is 0 Å². The third-order valence-electron chi connectivity index (χ3n) is 2.51. The molecule has 0 aliphatic carbocycles. The van der Waals surface area contributed by atoms with Gasteiger partial charge in [0.05, 0.1) is 5.56 Å². The van der Waals surface area contributed by atoms with E-state index in [0.29, 0.717) is 10.6 Å². The van der Waals surface area contributed by atoms with Gasteiger partial charge in [-0.15, -0.1) is 0 Å². The lowest BCUT2D eigenvalue weighted by Gasteiger charge is -2.08. The van der Waals surface area contributed by atoms with E-state index in [9.17, 15) is 0 Å². The Morgan fingerprint density at radius 2 is 1.94 bits per heavy atom. The maximum atomic E-state index is 9.11. The molecule has 17 heavy (non-hydrogen) atoms. The van der Waals surface area contributed by atoms with Crippen molar-refractivity contribution in [2.75, 3.05) is 0 Å². The monoisotopic (exact) mass is 262 g/mol. The van der Waals surface area contributed by atoms with Gasteiger partial charge in [-0.2, -0.15) is 5.26 Å². The Bertz CT molecular complexity index is 615. The minimum atomic E-state index is 0.212. The highest BCUT2D eigenvalue weighted by Crippen LogP contribution is 2.31. The summed E-state index contributed by atoms with van der Waals surface area (Å²) >= 11 is 11.9. The van der Waals surface area contributed by atoms with E-state index in [1.54, 1.807) is 12.3 Å². The molecule has 0 unspecified atom stereocenters. The first-order valence-corrected chi connectivity index (χ1v) is 5.70. The molecule has 2 rings (SSSR count). The van der Waals surface area contributed by atoms with Gasteiger partial charge in [-0.3, -0.25) is 0 Å². The molecule has 0 atom stereocenters. The number of nitriles is 1. The molecule has 0 fully saturated rings. The molecule has 1 aromatic heterocycles. The number of pyridine rings is 1. The summed E-state index contributed by atoms with van der Waals surface area (Å²) in [6.45, 7) is 1.96. The van der Waals surface area contributed by atoms with Crippen molar-refractivity contribution in [3.63, 3.8) is 0 Å². The van der Waals surface area contributed by atoms with Crippen LogP contribution in [0.1, 0.15) is 11.1 Å². The number of halogens is 2. The van der Waals surface area contributed by atoms with Gasteiger partial charge in [0.15, 0.2) is 0 Å². The molecule has 0 spiro atoms. The largest absolute Gasteiger partial charge is 0.243 e. The molecule has 0 amide bonds. The first-order chi connectivity index (χ1) is 8.13. The Kier molecular flexibility index (Phi) is 3.33. The summed E-state index contributed by atoms with van der Waals surface area (Å²) in [7, 11) is 0. The van der Waals surface area contributed by atoms with Crippen LogP contribution in [-0.4, -0.2) is 4.98 Å². The van der Waals surface area contributed by atoms with Crippen LogP contribution in [0.15, 0.2) is 30.5 Å². The zero-order valence-corrected chi connectivity index (χ0v) is 10.5. The second-order valence-electron chi connectivity index (χ2n) is 3.60. The average Bonchev–Trinajstić information content (AvgIpc) is 2.32. The van der Waals surface area contributed by atoms with Gasteiger partial charge in [0.25, 0.3) is 0 Å². The normalized spacial score (nSPS) is 10.0. The summed E-state index contributed by atoms with van der Waals surface area (Å²) in [5.74, 6) is 0. The molecule has 0 saturated heterocycles. The highest BCUT2D eigenvalue weighted by molar-refractivity contribution is 6.31. The van der Waals surface area contributed by atoms with Gasteiger partial charge in [-0.1, -0.05) is 29.3 Å². The molecule has 0 bridgehead atoms. The quantitative estimate of drug-likeness (QED) is 0.721. The molecule has 1 heterocycles. The second kappa shape index (κ2) is 4.75. The number of aryl methyl sites for hydroxylation is 1. The van der Waals surface area contributed by atoms with Crippen LogP contribution in [0.3, 0.4) is 0 Å². The van der Waals surface area contributed by atoms with E-state index in [1.165, 1.54) is 0 Å². The number of aromatic nitrogens is 1. The third-order valence-corrected chi connectivity index (χ3v) is 3.03. The molecule has 4 heteroatoms. The van der Waals surface area contributed by atoms with Crippen LogP contribution < -0.4 is 0 Å². The fourth-order valence-electron chi connectivity index (χ4n) is 1.65. The number of nitrogens with zero attached hydrogens (tertiary/aromatic N) is 2. The summed E-state index contributed by atoms with van der Waals surface area (Å²) < 4.78 is 0. The van der Waals surface area contributed by atoms with Gasteiger partial charge < -0.3 is 0 Å². The first kappa shape index (κ1) is 11.9. The van der Waals surface area contributed by atoms with E-state index in [2.05, 4.69) is 11.1 Å². The Labute approximate surface area is 109 Å². The van der Waals surface area contributed by atoms with E-state index in [1.807, 2.05) is 25.1 Å². The Balaban J connectivity index is 2.73. The van der Waals surface area contributed by atoms with Crippen LogP contribution in [0.4, 0.5) is 0 Å². The molecular formula is C13H8Cl2N2. The van der Waals surface area contributed by atoms with Crippen LogP contribution in [0.2, 0.25) is 10.2 Å². The maximum absolute atomic E-state index is 9.11. The predicted octanol–water partition coefficient (Wildman–Crippen LogP) is 4.24. The van der Waals surface area contributed by atoms with Crippen LogP contribution in [-0.2, 0) is 0 Å². The minimum Gasteiger partial charge on any atom is -0.243 e. The topological polar surface area (TPSA) is 36.7 Å². The molecule has 84 valence electrons. The smallest absolute Gasteiger partial charge is 0.147 e. The lowest BCUT2D eigenvalue weighted by atomic mass is 9.98. The summed E-state index contributed by atoms with van der Waals surface area (Å²) in [6, 6.07) is 9.39. The van der Waals surface area contributed by atoms with Gasteiger partial charge in [-0.05, 0) is 36.2 Å².